The van der Waals surface area contributed by atoms with Gasteiger partial charge < -0.3 is 14.3 Å². The molecule has 2 aromatic heterocycles. The molecule has 1 aliphatic heterocycles. The Hall–Kier alpha value is -3.19. The normalized spacial score (nSPS) is 14.5. The Morgan fingerprint density at radius 1 is 1.03 bits per heavy atom. The molecule has 1 amide bonds. The molecule has 1 aliphatic rings. The summed E-state index contributed by atoms with van der Waals surface area (Å²) >= 11 is 1.64. The monoisotopic (exact) mass is 418 g/mol. The van der Waals surface area contributed by atoms with E-state index < -0.39 is 0 Å². The molecule has 1 saturated heterocycles. The quantitative estimate of drug-likeness (QED) is 0.489. The Morgan fingerprint density at radius 2 is 1.80 bits per heavy atom. The number of anilines is 1. The fourth-order valence-corrected chi connectivity index (χ4v) is 4.91. The topological polar surface area (TPSA) is 62.5 Å². The van der Waals surface area contributed by atoms with Crippen molar-refractivity contribution in [3.63, 3.8) is 0 Å². The molecule has 0 atom stereocenters. The first-order valence-corrected chi connectivity index (χ1v) is 10.9. The number of piperazine rings is 1. The van der Waals surface area contributed by atoms with E-state index in [1.54, 1.807) is 11.3 Å². The lowest BCUT2D eigenvalue weighted by Gasteiger charge is -2.34. The lowest BCUT2D eigenvalue weighted by Crippen LogP contribution is -2.48. The van der Waals surface area contributed by atoms with E-state index in [0.29, 0.717) is 13.1 Å². The molecule has 0 radical (unpaired) electrons. The van der Waals surface area contributed by atoms with Crippen molar-refractivity contribution in [2.75, 3.05) is 31.1 Å². The summed E-state index contributed by atoms with van der Waals surface area (Å²) in [5.41, 5.74) is 3.65. The highest BCUT2D eigenvalue weighted by Crippen LogP contribution is 2.35. The molecule has 3 heterocycles. The van der Waals surface area contributed by atoms with Crippen molar-refractivity contribution in [2.45, 2.75) is 13.8 Å². The van der Waals surface area contributed by atoms with Gasteiger partial charge >= 0.3 is 0 Å². The molecule has 2 aromatic carbocycles. The molecule has 0 unspecified atom stereocenters. The zero-order valence-electron chi connectivity index (χ0n) is 17.0. The van der Waals surface area contributed by atoms with Gasteiger partial charge in [-0.05, 0) is 36.2 Å². The minimum absolute atomic E-state index is 0.0790. The summed E-state index contributed by atoms with van der Waals surface area (Å²) in [4.78, 5) is 22.0. The lowest BCUT2D eigenvalue weighted by molar-refractivity contribution is 0.0749. The van der Waals surface area contributed by atoms with Crippen molar-refractivity contribution in [1.82, 2.24) is 15.0 Å². The number of aromatic nitrogens is 2. The maximum atomic E-state index is 13.4. The molecule has 4 aromatic rings. The summed E-state index contributed by atoms with van der Waals surface area (Å²) in [5.74, 6) is 0.866. The van der Waals surface area contributed by atoms with E-state index in [2.05, 4.69) is 21.1 Å². The molecule has 6 nitrogen and oxygen atoms in total. The zero-order chi connectivity index (χ0) is 20.7. The molecule has 0 N–H and O–H groups in total. The fourth-order valence-electron chi connectivity index (χ4n) is 4.21. The van der Waals surface area contributed by atoms with E-state index in [-0.39, 0.29) is 5.91 Å². The number of nitrogens with zero attached hydrogens (tertiary/aromatic N) is 4. The van der Waals surface area contributed by atoms with Gasteiger partial charge in [-0.25, -0.2) is 4.98 Å². The van der Waals surface area contributed by atoms with Crippen LogP contribution in [0.4, 0.5) is 5.13 Å². The van der Waals surface area contributed by atoms with Gasteiger partial charge in [0.15, 0.2) is 5.13 Å². The van der Waals surface area contributed by atoms with Crippen LogP contribution in [-0.4, -0.2) is 47.1 Å². The van der Waals surface area contributed by atoms with Crippen LogP contribution in [0.3, 0.4) is 0 Å². The molecule has 152 valence electrons. The number of hydrogen-bond acceptors (Lipinski definition) is 6. The number of aryl methyl sites for hydroxylation is 2. The number of carbonyl (C=O) groups excluding carboxylic acids is 1. The van der Waals surface area contributed by atoms with Crippen LogP contribution in [0.2, 0.25) is 0 Å². The standard InChI is InChI=1S/C23H22N4O2S/c1-15-21(16(2)29-25-15)19-7-8-20(18-6-4-3-5-17(18)19)22(28)26-10-12-27(13-11-26)23-24-9-14-30-23/h3-9,14H,10-13H2,1-2H3. The van der Waals surface area contributed by atoms with Crippen LogP contribution in [0.25, 0.3) is 21.9 Å². The highest BCUT2D eigenvalue weighted by atomic mass is 32.1. The van der Waals surface area contributed by atoms with Crippen molar-refractivity contribution in [1.29, 1.82) is 0 Å². The second kappa shape index (κ2) is 7.57. The number of benzene rings is 2. The van der Waals surface area contributed by atoms with Crippen molar-refractivity contribution in [3.8, 4) is 11.1 Å². The van der Waals surface area contributed by atoms with E-state index in [9.17, 15) is 4.79 Å². The molecule has 0 aliphatic carbocycles. The van der Waals surface area contributed by atoms with Gasteiger partial charge in [-0.3, -0.25) is 4.79 Å². The highest BCUT2D eigenvalue weighted by Gasteiger charge is 2.25. The molecule has 0 saturated carbocycles. The average molecular weight is 419 g/mol. The van der Waals surface area contributed by atoms with Gasteiger partial charge in [-0.2, -0.15) is 0 Å². The summed E-state index contributed by atoms with van der Waals surface area (Å²) in [5, 5.41) is 9.11. The minimum Gasteiger partial charge on any atom is -0.361 e. The summed E-state index contributed by atoms with van der Waals surface area (Å²) in [7, 11) is 0. The number of rotatable bonds is 3. The number of carbonyl (C=O) groups is 1. The van der Waals surface area contributed by atoms with E-state index in [1.807, 2.05) is 60.7 Å². The molecule has 1 fully saturated rings. The van der Waals surface area contributed by atoms with Gasteiger partial charge in [0, 0.05) is 48.9 Å². The van der Waals surface area contributed by atoms with Crippen molar-refractivity contribution < 1.29 is 9.32 Å². The van der Waals surface area contributed by atoms with Gasteiger partial charge in [-0.1, -0.05) is 35.5 Å². The average Bonchev–Trinajstić information content (AvgIpc) is 3.43. The van der Waals surface area contributed by atoms with Crippen LogP contribution >= 0.6 is 11.3 Å². The lowest BCUT2D eigenvalue weighted by atomic mass is 9.93. The Morgan fingerprint density at radius 3 is 2.47 bits per heavy atom. The Balaban J connectivity index is 1.47. The van der Waals surface area contributed by atoms with Crippen LogP contribution in [0.5, 0.6) is 0 Å². The zero-order valence-corrected chi connectivity index (χ0v) is 17.8. The van der Waals surface area contributed by atoms with Gasteiger partial charge in [0.1, 0.15) is 5.76 Å². The smallest absolute Gasteiger partial charge is 0.254 e. The van der Waals surface area contributed by atoms with Gasteiger partial charge in [0.2, 0.25) is 0 Å². The third-order valence-corrected chi connectivity index (χ3v) is 6.55. The van der Waals surface area contributed by atoms with Crippen molar-refractivity contribution in [3.05, 3.63) is 65.0 Å². The largest absolute Gasteiger partial charge is 0.361 e. The number of fused-ring (bicyclic) bond motifs is 1. The first-order chi connectivity index (χ1) is 14.6. The van der Waals surface area contributed by atoms with E-state index in [1.165, 1.54) is 0 Å². The molecule has 0 spiro atoms. The van der Waals surface area contributed by atoms with Crippen LogP contribution in [0, 0.1) is 13.8 Å². The summed E-state index contributed by atoms with van der Waals surface area (Å²) in [6, 6.07) is 12.0. The van der Waals surface area contributed by atoms with Crippen molar-refractivity contribution >= 4 is 33.1 Å². The SMILES string of the molecule is Cc1noc(C)c1-c1ccc(C(=O)N2CCN(c3nccs3)CC2)c2ccccc12. The van der Waals surface area contributed by atoms with Gasteiger partial charge in [0.25, 0.3) is 5.91 Å². The van der Waals surface area contributed by atoms with Gasteiger partial charge in [-0.15, -0.1) is 11.3 Å². The molecule has 30 heavy (non-hydrogen) atoms. The van der Waals surface area contributed by atoms with E-state index in [0.717, 1.165) is 57.1 Å². The third-order valence-electron chi connectivity index (χ3n) is 5.71. The first kappa shape index (κ1) is 18.8. The van der Waals surface area contributed by atoms with Crippen LogP contribution < -0.4 is 4.90 Å². The second-order valence-corrected chi connectivity index (χ2v) is 8.37. The second-order valence-electron chi connectivity index (χ2n) is 7.50. The Bertz CT molecular complexity index is 1190. The van der Waals surface area contributed by atoms with E-state index >= 15 is 0 Å². The highest BCUT2D eigenvalue weighted by molar-refractivity contribution is 7.13. The molecule has 0 bridgehead atoms. The first-order valence-electron chi connectivity index (χ1n) is 10.0. The predicted octanol–water partition coefficient (Wildman–Crippen LogP) is 4.53. The molecule has 7 heteroatoms. The maximum absolute atomic E-state index is 13.4. The number of thiazole rings is 1. The number of amides is 1. The Labute approximate surface area is 178 Å². The predicted molar refractivity (Wildman–Crippen MR) is 119 cm³/mol. The molecule has 5 rings (SSSR count). The van der Waals surface area contributed by atoms with Crippen LogP contribution in [-0.2, 0) is 0 Å². The van der Waals surface area contributed by atoms with Crippen LogP contribution in [0.1, 0.15) is 21.8 Å². The molecular weight excluding hydrogens is 396 g/mol. The minimum atomic E-state index is 0.0790. The summed E-state index contributed by atoms with van der Waals surface area (Å²) < 4.78 is 5.38. The van der Waals surface area contributed by atoms with Gasteiger partial charge in [0.05, 0.1) is 5.69 Å². The Kier molecular flexibility index (Phi) is 4.75. The van der Waals surface area contributed by atoms with Crippen molar-refractivity contribution in [2.24, 2.45) is 0 Å². The molecular formula is C23H22N4O2S. The summed E-state index contributed by atoms with van der Waals surface area (Å²) in [6.45, 7) is 6.85. The maximum Gasteiger partial charge on any atom is 0.254 e. The fraction of sp³-hybridized carbons (Fsp3) is 0.261. The van der Waals surface area contributed by atoms with Crippen LogP contribution in [0.15, 0.2) is 52.5 Å². The summed E-state index contributed by atoms with van der Waals surface area (Å²) in [6.07, 6.45) is 1.82. The van der Waals surface area contributed by atoms with E-state index in [4.69, 9.17) is 4.52 Å². The number of hydrogen-bond donors (Lipinski definition) is 0. The third kappa shape index (κ3) is 3.15.